The fourth-order valence-corrected chi connectivity index (χ4v) is 2.44. The number of aromatic amines is 1. The molecular formula is C13H19NO5. The maximum absolute atomic E-state index is 11.5. The van der Waals surface area contributed by atoms with Crippen LogP contribution in [0.5, 0.6) is 0 Å². The highest BCUT2D eigenvalue weighted by Gasteiger charge is 2.45. The average Bonchev–Trinajstić information content (AvgIpc) is 2.70. The fourth-order valence-electron chi connectivity index (χ4n) is 2.44. The van der Waals surface area contributed by atoms with E-state index in [1.807, 2.05) is 0 Å². The van der Waals surface area contributed by atoms with Crippen LogP contribution in [0, 0.1) is 13.8 Å². The van der Waals surface area contributed by atoms with Crippen molar-refractivity contribution in [3.05, 3.63) is 33.2 Å². The van der Waals surface area contributed by atoms with Gasteiger partial charge in [-0.05, 0) is 19.9 Å². The lowest BCUT2D eigenvalue weighted by Gasteiger charge is -2.20. The molecule has 2 unspecified atom stereocenters. The Kier molecular flexibility index (Phi) is 4.05. The number of hydrogen-bond acceptors (Lipinski definition) is 5. The van der Waals surface area contributed by atoms with Crippen LogP contribution in [0.4, 0.5) is 0 Å². The molecule has 0 saturated carbocycles. The zero-order valence-corrected chi connectivity index (χ0v) is 11.2. The number of nitrogens with one attached hydrogen (secondary N) is 1. The van der Waals surface area contributed by atoms with Crippen LogP contribution in [-0.4, -0.2) is 47.2 Å². The zero-order chi connectivity index (χ0) is 14.2. The number of aryl methyl sites for hydroxylation is 2. The van der Waals surface area contributed by atoms with Crippen LogP contribution >= 0.6 is 0 Å². The van der Waals surface area contributed by atoms with E-state index < -0.39 is 24.4 Å². The van der Waals surface area contributed by atoms with Gasteiger partial charge in [0.15, 0.2) is 0 Å². The van der Waals surface area contributed by atoms with Crippen molar-refractivity contribution in [1.29, 1.82) is 0 Å². The summed E-state index contributed by atoms with van der Waals surface area (Å²) in [5, 5.41) is 19.2. The number of hydrogen-bond donors (Lipinski definition) is 3. The molecule has 2 rings (SSSR count). The Bertz CT molecular complexity index is 512. The summed E-state index contributed by atoms with van der Waals surface area (Å²) in [5.41, 5.74) is 1.86. The number of aromatic nitrogens is 1. The number of methoxy groups -OCH3 is 1. The standard InChI is InChI=1S/C13H19NO5/c1-6-4-8(7(2)14-13(6)17)11-12(18-3)10(16)9(5-15)19-11/h4,9-12,15-16H,5H2,1-3H3,(H,14,17)/t9-,10?,11+,12?/m1/s1. The molecule has 3 N–H and O–H groups in total. The molecule has 0 spiro atoms. The molecule has 6 heteroatoms. The Morgan fingerprint density at radius 1 is 1.47 bits per heavy atom. The van der Waals surface area contributed by atoms with Gasteiger partial charge in [0.2, 0.25) is 0 Å². The molecule has 2 heterocycles. The first kappa shape index (κ1) is 14.2. The highest BCUT2D eigenvalue weighted by atomic mass is 16.6. The topological polar surface area (TPSA) is 91.8 Å². The van der Waals surface area contributed by atoms with E-state index in [0.717, 1.165) is 5.56 Å². The first-order valence-electron chi connectivity index (χ1n) is 6.17. The summed E-state index contributed by atoms with van der Waals surface area (Å²) >= 11 is 0. The first-order chi connectivity index (χ1) is 8.99. The van der Waals surface area contributed by atoms with E-state index in [1.54, 1.807) is 19.9 Å². The molecule has 0 aromatic carbocycles. The Balaban J connectivity index is 2.41. The van der Waals surface area contributed by atoms with Crippen molar-refractivity contribution in [3.63, 3.8) is 0 Å². The Labute approximate surface area is 111 Å². The predicted molar refractivity (Wildman–Crippen MR) is 68.0 cm³/mol. The number of aliphatic hydroxyl groups is 2. The Morgan fingerprint density at radius 2 is 2.16 bits per heavy atom. The van der Waals surface area contributed by atoms with E-state index in [9.17, 15) is 15.0 Å². The second-order valence-corrected chi connectivity index (χ2v) is 4.83. The van der Waals surface area contributed by atoms with Gasteiger partial charge in [-0.1, -0.05) is 0 Å². The van der Waals surface area contributed by atoms with Crippen LogP contribution in [0.25, 0.3) is 0 Å². The van der Waals surface area contributed by atoms with Crippen molar-refractivity contribution in [2.24, 2.45) is 0 Å². The summed E-state index contributed by atoms with van der Waals surface area (Å²) in [6, 6.07) is 1.73. The molecule has 1 fully saturated rings. The lowest BCUT2D eigenvalue weighted by Crippen LogP contribution is -2.34. The van der Waals surface area contributed by atoms with Gasteiger partial charge in [-0.2, -0.15) is 0 Å². The monoisotopic (exact) mass is 269 g/mol. The number of H-pyrrole nitrogens is 1. The van der Waals surface area contributed by atoms with Gasteiger partial charge >= 0.3 is 0 Å². The number of rotatable bonds is 3. The van der Waals surface area contributed by atoms with Gasteiger partial charge in [0, 0.05) is 23.9 Å². The minimum absolute atomic E-state index is 0.146. The van der Waals surface area contributed by atoms with Gasteiger partial charge in [0.25, 0.3) is 5.56 Å². The van der Waals surface area contributed by atoms with Gasteiger partial charge in [-0.3, -0.25) is 4.79 Å². The third-order valence-corrected chi connectivity index (χ3v) is 3.56. The number of pyridine rings is 1. The molecule has 0 amide bonds. The molecule has 0 bridgehead atoms. The van der Waals surface area contributed by atoms with Crippen molar-refractivity contribution in [3.8, 4) is 0 Å². The summed E-state index contributed by atoms with van der Waals surface area (Å²) in [7, 11) is 1.48. The number of aliphatic hydroxyl groups excluding tert-OH is 2. The van der Waals surface area contributed by atoms with Crippen molar-refractivity contribution >= 4 is 0 Å². The smallest absolute Gasteiger partial charge is 0.251 e. The summed E-state index contributed by atoms with van der Waals surface area (Å²) in [6.07, 6.45) is -2.65. The molecule has 4 atom stereocenters. The molecule has 1 aliphatic heterocycles. The second kappa shape index (κ2) is 5.42. The molecule has 0 aliphatic carbocycles. The summed E-state index contributed by atoms with van der Waals surface area (Å²) in [4.78, 5) is 14.3. The normalized spacial score (nSPS) is 30.8. The van der Waals surface area contributed by atoms with Crippen molar-refractivity contribution < 1.29 is 19.7 Å². The van der Waals surface area contributed by atoms with E-state index in [-0.39, 0.29) is 12.2 Å². The minimum atomic E-state index is -0.897. The molecule has 1 aliphatic rings. The quantitative estimate of drug-likeness (QED) is 0.707. The minimum Gasteiger partial charge on any atom is -0.394 e. The maximum atomic E-state index is 11.5. The van der Waals surface area contributed by atoms with E-state index in [1.165, 1.54) is 7.11 Å². The molecule has 1 saturated heterocycles. The van der Waals surface area contributed by atoms with E-state index in [2.05, 4.69) is 4.98 Å². The Hall–Kier alpha value is -1.21. The van der Waals surface area contributed by atoms with Gasteiger partial charge in [0.1, 0.15) is 24.4 Å². The van der Waals surface area contributed by atoms with Gasteiger partial charge in [-0.15, -0.1) is 0 Å². The molecule has 1 aromatic rings. The first-order valence-corrected chi connectivity index (χ1v) is 6.17. The van der Waals surface area contributed by atoms with Gasteiger partial charge in [0.05, 0.1) is 6.61 Å². The van der Waals surface area contributed by atoms with E-state index >= 15 is 0 Å². The van der Waals surface area contributed by atoms with Crippen LogP contribution in [0.15, 0.2) is 10.9 Å². The SMILES string of the molecule is COC1C(O)[C@@H](CO)O[C@H]1c1cc(C)c(=O)[nH]c1C. The van der Waals surface area contributed by atoms with Crippen LogP contribution < -0.4 is 5.56 Å². The zero-order valence-electron chi connectivity index (χ0n) is 11.2. The molecule has 0 radical (unpaired) electrons. The number of ether oxygens (including phenoxy) is 2. The highest BCUT2D eigenvalue weighted by Crippen LogP contribution is 2.36. The van der Waals surface area contributed by atoms with Crippen LogP contribution in [0.1, 0.15) is 22.9 Å². The lowest BCUT2D eigenvalue weighted by molar-refractivity contribution is -0.0237. The van der Waals surface area contributed by atoms with Crippen molar-refractivity contribution in [1.82, 2.24) is 4.98 Å². The van der Waals surface area contributed by atoms with Gasteiger partial charge < -0.3 is 24.7 Å². The van der Waals surface area contributed by atoms with Crippen molar-refractivity contribution in [2.75, 3.05) is 13.7 Å². The molecule has 1 aromatic heterocycles. The Morgan fingerprint density at radius 3 is 2.74 bits per heavy atom. The molecule has 106 valence electrons. The van der Waals surface area contributed by atoms with Crippen LogP contribution in [0.2, 0.25) is 0 Å². The molecule has 6 nitrogen and oxygen atoms in total. The predicted octanol–water partition coefficient (Wildman–Crippen LogP) is -0.200. The van der Waals surface area contributed by atoms with Crippen LogP contribution in [-0.2, 0) is 9.47 Å². The van der Waals surface area contributed by atoms with E-state index in [0.29, 0.717) is 11.3 Å². The maximum Gasteiger partial charge on any atom is 0.251 e. The second-order valence-electron chi connectivity index (χ2n) is 4.83. The van der Waals surface area contributed by atoms with E-state index in [4.69, 9.17) is 9.47 Å². The fraction of sp³-hybridized carbons (Fsp3) is 0.615. The van der Waals surface area contributed by atoms with Gasteiger partial charge in [-0.25, -0.2) is 0 Å². The molecule has 19 heavy (non-hydrogen) atoms. The largest absolute Gasteiger partial charge is 0.394 e. The van der Waals surface area contributed by atoms with Crippen LogP contribution in [0.3, 0.4) is 0 Å². The third-order valence-electron chi connectivity index (χ3n) is 3.56. The summed E-state index contributed by atoms with van der Waals surface area (Å²) in [5.74, 6) is 0. The third kappa shape index (κ3) is 2.44. The van der Waals surface area contributed by atoms with Crippen molar-refractivity contribution in [2.45, 2.75) is 38.3 Å². The lowest BCUT2D eigenvalue weighted by atomic mass is 9.99. The molecular weight excluding hydrogens is 250 g/mol. The average molecular weight is 269 g/mol. The highest BCUT2D eigenvalue weighted by molar-refractivity contribution is 5.28. The summed E-state index contributed by atoms with van der Waals surface area (Å²) in [6.45, 7) is 3.20. The summed E-state index contributed by atoms with van der Waals surface area (Å²) < 4.78 is 10.9.